The van der Waals surface area contributed by atoms with Crippen LogP contribution in [0.15, 0.2) is 48.5 Å². The molecule has 2 amide bonds. The Kier molecular flexibility index (Phi) is 6.78. The highest BCUT2D eigenvalue weighted by Crippen LogP contribution is 2.25. The quantitative estimate of drug-likeness (QED) is 0.828. The van der Waals surface area contributed by atoms with E-state index in [1.54, 1.807) is 31.1 Å². The van der Waals surface area contributed by atoms with Gasteiger partial charge in [-0.25, -0.2) is 0 Å². The first-order valence-electron chi connectivity index (χ1n) is 8.67. The predicted molar refractivity (Wildman–Crippen MR) is 103 cm³/mol. The number of nitrogens with zero attached hydrogens (tertiary/aromatic N) is 1. The predicted octanol–water partition coefficient (Wildman–Crippen LogP) is 3.46. The van der Waals surface area contributed by atoms with Gasteiger partial charge in [-0.3, -0.25) is 9.59 Å². The number of likely N-dealkylation sites (N-methyl/N-ethyl adjacent to an activating group) is 1. The van der Waals surface area contributed by atoms with Crippen molar-refractivity contribution in [2.75, 3.05) is 26.0 Å². The average molecular weight is 354 g/mol. The van der Waals surface area contributed by atoms with Crippen molar-refractivity contribution in [1.29, 1.82) is 0 Å². The maximum atomic E-state index is 12.1. The van der Waals surface area contributed by atoms with E-state index in [1.165, 1.54) is 0 Å². The van der Waals surface area contributed by atoms with Gasteiger partial charge in [0.25, 0.3) is 5.91 Å². The molecule has 2 aromatic carbocycles. The fraction of sp³-hybridized carbons (Fsp3) is 0.333. The second-order valence-corrected chi connectivity index (χ2v) is 6.69. The highest BCUT2D eigenvalue weighted by Gasteiger charge is 2.10. The largest absolute Gasteiger partial charge is 0.483 e. The van der Waals surface area contributed by atoms with Crippen LogP contribution in [-0.4, -0.2) is 37.4 Å². The molecule has 138 valence electrons. The van der Waals surface area contributed by atoms with E-state index in [1.807, 2.05) is 36.4 Å². The summed E-state index contributed by atoms with van der Waals surface area (Å²) in [4.78, 5) is 25.4. The van der Waals surface area contributed by atoms with Crippen molar-refractivity contribution < 1.29 is 14.3 Å². The van der Waals surface area contributed by atoms with E-state index in [4.69, 9.17) is 4.74 Å². The molecule has 5 nitrogen and oxygen atoms in total. The van der Waals surface area contributed by atoms with Crippen LogP contribution in [0.25, 0.3) is 0 Å². The van der Waals surface area contributed by atoms with E-state index in [-0.39, 0.29) is 18.4 Å². The lowest BCUT2D eigenvalue weighted by molar-refractivity contribution is -0.128. The molecular formula is C21H26N2O3. The highest BCUT2D eigenvalue weighted by molar-refractivity contribution is 5.92. The number of para-hydroxylation sites is 1. The minimum Gasteiger partial charge on any atom is -0.483 e. The number of nitrogens with one attached hydrogen (secondary N) is 1. The Morgan fingerprint density at radius 1 is 1.04 bits per heavy atom. The van der Waals surface area contributed by atoms with Crippen molar-refractivity contribution in [3.63, 3.8) is 0 Å². The molecule has 0 aliphatic rings. The number of hydrogen-bond acceptors (Lipinski definition) is 3. The molecule has 0 saturated carbocycles. The standard InChI is InChI=1S/C21H26N2O3/c1-15(2)18-7-5-6-8-19(18)26-14-20(24)22-17-11-9-16(10-12-17)13-21(25)23(3)4/h5-12,15H,13-14H2,1-4H3,(H,22,24). The number of ether oxygens (including phenoxy) is 1. The van der Waals surface area contributed by atoms with Crippen LogP contribution in [0, 0.1) is 0 Å². The lowest BCUT2D eigenvalue weighted by Gasteiger charge is -2.14. The Morgan fingerprint density at radius 2 is 1.69 bits per heavy atom. The van der Waals surface area contributed by atoms with Crippen molar-refractivity contribution in [3.05, 3.63) is 59.7 Å². The molecule has 0 aliphatic heterocycles. The Morgan fingerprint density at radius 3 is 2.31 bits per heavy atom. The van der Waals surface area contributed by atoms with E-state index in [0.717, 1.165) is 16.9 Å². The molecule has 0 aliphatic carbocycles. The molecule has 1 N–H and O–H groups in total. The van der Waals surface area contributed by atoms with Gasteiger partial charge >= 0.3 is 0 Å². The molecule has 2 aromatic rings. The molecule has 5 heteroatoms. The first-order valence-corrected chi connectivity index (χ1v) is 8.67. The third-order valence-corrected chi connectivity index (χ3v) is 3.99. The van der Waals surface area contributed by atoms with Gasteiger partial charge in [-0.1, -0.05) is 44.2 Å². The Bertz CT molecular complexity index is 752. The summed E-state index contributed by atoms with van der Waals surface area (Å²) in [6.07, 6.45) is 0.344. The van der Waals surface area contributed by atoms with Gasteiger partial charge in [0.2, 0.25) is 5.91 Å². The number of benzene rings is 2. The van der Waals surface area contributed by atoms with E-state index in [0.29, 0.717) is 18.0 Å². The molecule has 26 heavy (non-hydrogen) atoms. The van der Waals surface area contributed by atoms with E-state index in [2.05, 4.69) is 19.2 Å². The van der Waals surface area contributed by atoms with Crippen LogP contribution in [0.3, 0.4) is 0 Å². The zero-order chi connectivity index (χ0) is 19.1. The monoisotopic (exact) mass is 354 g/mol. The van der Waals surface area contributed by atoms with Gasteiger partial charge in [0.15, 0.2) is 6.61 Å². The second-order valence-electron chi connectivity index (χ2n) is 6.69. The minimum atomic E-state index is -0.222. The summed E-state index contributed by atoms with van der Waals surface area (Å²) in [7, 11) is 3.46. The summed E-state index contributed by atoms with van der Waals surface area (Å²) in [6, 6.07) is 15.0. The molecule has 0 saturated heterocycles. The molecule has 0 heterocycles. The highest BCUT2D eigenvalue weighted by atomic mass is 16.5. The lowest BCUT2D eigenvalue weighted by Crippen LogP contribution is -2.23. The molecule has 0 fully saturated rings. The number of carbonyl (C=O) groups excluding carboxylic acids is 2. The summed E-state index contributed by atoms with van der Waals surface area (Å²) in [5.74, 6) is 0.876. The summed E-state index contributed by atoms with van der Waals surface area (Å²) >= 11 is 0. The van der Waals surface area contributed by atoms with E-state index < -0.39 is 0 Å². The summed E-state index contributed by atoms with van der Waals surface area (Å²) in [6.45, 7) is 4.13. The third kappa shape index (κ3) is 5.62. The molecule has 0 spiro atoms. The van der Waals surface area contributed by atoms with Gasteiger partial charge in [0.05, 0.1) is 6.42 Å². The van der Waals surface area contributed by atoms with Gasteiger partial charge < -0.3 is 15.0 Å². The number of rotatable bonds is 7. The van der Waals surface area contributed by atoms with Crippen molar-refractivity contribution >= 4 is 17.5 Å². The smallest absolute Gasteiger partial charge is 0.262 e. The van der Waals surface area contributed by atoms with Crippen LogP contribution in [0.5, 0.6) is 5.75 Å². The average Bonchev–Trinajstić information content (AvgIpc) is 2.61. The van der Waals surface area contributed by atoms with Gasteiger partial charge in [0.1, 0.15) is 5.75 Å². The summed E-state index contributed by atoms with van der Waals surface area (Å²) in [5.41, 5.74) is 2.66. The van der Waals surface area contributed by atoms with Crippen LogP contribution in [0.1, 0.15) is 30.9 Å². The topological polar surface area (TPSA) is 58.6 Å². The normalized spacial score (nSPS) is 10.5. The minimum absolute atomic E-state index is 0.0407. The van der Waals surface area contributed by atoms with E-state index in [9.17, 15) is 9.59 Å². The van der Waals surface area contributed by atoms with Crippen molar-refractivity contribution in [2.45, 2.75) is 26.2 Å². The van der Waals surface area contributed by atoms with Crippen LogP contribution in [0.2, 0.25) is 0 Å². The van der Waals surface area contributed by atoms with Crippen LogP contribution < -0.4 is 10.1 Å². The Balaban J connectivity index is 1.89. The van der Waals surface area contributed by atoms with Gasteiger partial charge in [0, 0.05) is 19.8 Å². The number of hydrogen-bond donors (Lipinski definition) is 1. The first-order chi connectivity index (χ1) is 12.4. The molecular weight excluding hydrogens is 328 g/mol. The van der Waals surface area contributed by atoms with Crippen molar-refractivity contribution in [1.82, 2.24) is 4.90 Å². The molecule has 2 rings (SSSR count). The SMILES string of the molecule is CC(C)c1ccccc1OCC(=O)Nc1ccc(CC(=O)N(C)C)cc1. The van der Waals surface area contributed by atoms with Gasteiger partial charge in [-0.15, -0.1) is 0 Å². The van der Waals surface area contributed by atoms with Crippen LogP contribution >= 0.6 is 0 Å². The Hall–Kier alpha value is -2.82. The molecule has 0 aromatic heterocycles. The second kappa shape index (κ2) is 9.04. The van der Waals surface area contributed by atoms with Crippen LogP contribution in [-0.2, 0) is 16.0 Å². The van der Waals surface area contributed by atoms with E-state index >= 15 is 0 Å². The molecule has 0 radical (unpaired) electrons. The molecule has 0 atom stereocenters. The Labute approximate surface area is 155 Å². The zero-order valence-electron chi connectivity index (χ0n) is 15.8. The number of carbonyl (C=O) groups is 2. The zero-order valence-corrected chi connectivity index (χ0v) is 15.8. The summed E-state index contributed by atoms with van der Waals surface area (Å²) in [5, 5.41) is 2.80. The summed E-state index contributed by atoms with van der Waals surface area (Å²) < 4.78 is 5.67. The first kappa shape index (κ1) is 19.5. The lowest BCUT2D eigenvalue weighted by atomic mass is 10.0. The molecule has 0 bridgehead atoms. The molecule has 0 unspecified atom stereocenters. The fourth-order valence-corrected chi connectivity index (χ4v) is 2.47. The maximum Gasteiger partial charge on any atom is 0.262 e. The number of amides is 2. The fourth-order valence-electron chi connectivity index (χ4n) is 2.47. The number of anilines is 1. The maximum absolute atomic E-state index is 12.1. The third-order valence-electron chi connectivity index (χ3n) is 3.99. The van der Waals surface area contributed by atoms with Gasteiger partial charge in [-0.05, 0) is 35.2 Å². The van der Waals surface area contributed by atoms with Crippen molar-refractivity contribution in [3.8, 4) is 5.75 Å². The van der Waals surface area contributed by atoms with Crippen molar-refractivity contribution in [2.24, 2.45) is 0 Å². The van der Waals surface area contributed by atoms with Crippen LogP contribution in [0.4, 0.5) is 5.69 Å². The van der Waals surface area contributed by atoms with Gasteiger partial charge in [-0.2, -0.15) is 0 Å².